The van der Waals surface area contributed by atoms with Crippen LogP contribution in [0.2, 0.25) is 0 Å². The van der Waals surface area contributed by atoms with E-state index in [9.17, 15) is 9.59 Å². The predicted molar refractivity (Wildman–Crippen MR) is 50.4 cm³/mol. The van der Waals surface area contributed by atoms with E-state index < -0.39 is 4.87 Å². The minimum atomic E-state index is -0.604. The van der Waals surface area contributed by atoms with Crippen LogP contribution in [0.25, 0.3) is 0 Å². The molecule has 2 heterocycles. The number of likely N-dealkylation sites (N-methyl/N-ethyl adjacent to an activating group) is 1. The van der Waals surface area contributed by atoms with E-state index in [0.717, 1.165) is 5.75 Å². The summed E-state index contributed by atoms with van der Waals surface area (Å²) in [5.41, 5.74) is 0. The molecule has 4 nitrogen and oxygen atoms in total. The number of hydrogen-bond acceptors (Lipinski definition) is 3. The van der Waals surface area contributed by atoms with Gasteiger partial charge in [-0.25, -0.2) is 4.79 Å². The Morgan fingerprint density at radius 3 is 2.77 bits per heavy atom. The maximum absolute atomic E-state index is 11.8. The van der Waals surface area contributed by atoms with Gasteiger partial charge in [-0.3, -0.25) is 9.69 Å². The second-order valence-corrected chi connectivity index (χ2v) is 4.81. The maximum Gasteiger partial charge on any atom is 0.328 e. The van der Waals surface area contributed by atoms with Gasteiger partial charge in [0.15, 0.2) is 4.87 Å². The van der Waals surface area contributed by atoms with Crippen molar-refractivity contribution in [3.63, 3.8) is 0 Å². The quantitative estimate of drug-likeness (QED) is 0.586. The molecule has 1 atom stereocenters. The molecule has 1 unspecified atom stereocenters. The van der Waals surface area contributed by atoms with E-state index in [2.05, 4.69) is 0 Å². The van der Waals surface area contributed by atoms with E-state index in [1.165, 1.54) is 4.90 Å². The van der Waals surface area contributed by atoms with Gasteiger partial charge in [-0.2, -0.15) is 0 Å². The average Bonchev–Trinajstić information content (AvgIpc) is 2.55. The Kier molecular flexibility index (Phi) is 1.80. The van der Waals surface area contributed by atoms with Gasteiger partial charge in [0.1, 0.15) is 0 Å². The van der Waals surface area contributed by atoms with Gasteiger partial charge in [0.05, 0.1) is 0 Å². The lowest BCUT2D eigenvalue weighted by molar-refractivity contribution is -0.128. The highest BCUT2D eigenvalue weighted by Gasteiger charge is 2.56. The van der Waals surface area contributed by atoms with Crippen LogP contribution < -0.4 is 0 Å². The fraction of sp³-hybridized carbons (Fsp3) is 0.750. The lowest BCUT2D eigenvalue weighted by Gasteiger charge is -2.21. The minimum Gasteiger partial charge on any atom is -0.300 e. The zero-order valence-electron chi connectivity index (χ0n) is 7.74. The van der Waals surface area contributed by atoms with E-state index in [4.69, 9.17) is 0 Å². The lowest BCUT2D eigenvalue weighted by Crippen LogP contribution is -2.39. The molecule has 72 valence electrons. The third-order valence-electron chi connectivity index (χ3n) is 2.63. The van der Waals surface area contributed by atoms with Crippen molar-refractivity contribution in [1.29, 1.82) is 0 Å². The molecular weight excluding hydrogens is 188 g/mol. The van der Waals surface area contributed by atoms with Crippen LogP contribution in [0.15, 0.2) is 0 Å². The van der Waals surface area contributed by atoms with Crippen molar-refractivity contribution in [2.24, 2.45) is 0 Å². The Labute approximate surface area is 81.2 Å². The molecule has 0 spiro atoms. The topological polar surface area (TPSA) is 40.6 Å². The molecule has 2 rings (SSSR count). The molecule has 3 amide bonds. The Morgan fingerprint density at radius 2 is 2.23 bits per heavy atom. The van der Waals surface area contributed by atoms with Gasteiger partial charge in [-0.1, -0.05) is 0 Å². The number of fused-ring (bicyclic) bond motifs is 1. The van der Waals surface area contributed by atoms with Crippen molar-refractivity contribution in [3.05, 3.63) is 0 Å². The highest BCUT2D eigenvalue weighted by Crippen LogP contribution is 2.41. The van der Waals surface area contributed by atoms with Crippen LogP contribution in [0, 0.1) is 0 Å². The van der Waals surface area contributed by atoms with E-state index in [1.54, 1.807) is 16.7 Å². The molecule has 0 aromatic carbocycles. The summed E-state index contributed by atoms with van der Waals surface area (Å²) in [5.74, 6) is 0.813. The molecular formula is C8H12N2O2S. The first-order valence-electron chi connectivity index (χ1n) is 4.39. The van der Waals surface area contributed by atoms with Gasteiger partial charge in [0, 0.05) is 18.8 Å². The SMILES string of the molecule is CCN1C(=O)N2CCSC2(C)C1=O. The van der Waals surface area contributed by atoms with Crippen molar-refractivity contribution in [1.82, 2.24) is 9.80 Å². The molecule has 0 aliphatic carbocycles. The summed E-state index contributed by atoms with van der Waals surface area (Å²) >= 11 is 1.56. The number of carbonyl (C=O) groups excluding carboxylic acids is 2. The Bertz CT molecular complexity index is 281. The van der Waals surface area contributed by atoms with Gasteiger partial charge in [-0.05, 0) is 13.8 Å². The lowest BCUT2D eigenvalue weighted by atomic mass is 10.3. The van der Waals surface area contributed by atoms with E-state index >= 15 is 0 Å². The fourth-order valence-corrected chi connectivity index (χ4v) is 3.07. The first-order valence-corrected chi connectivity index (χ1v) is 5.37. The summed E-state index contributed by atoms with van der Waals surface area (Å²) in [7, 11) is 0. The van der Waals surface area contributed by atoms with Crippen LogP contribution >= 0.6 is 11.8 Å². The molecule has 0 N–H and O–H groups in total. The summed E-state index contributed by atoms with van der Waals surface area (Å²) in [6.07, 6.45) is 0. The van der Waals surface area contributed by atoms with E-state index in [-0.39, 0.29) is 11.9 Å². The highest BCUT2D eigenvalue weighted by atomic mass is 32.2. The highest BCUT2D eigenvalue weighted by molar-refractivity contribution is 8.01. The summed E-state index contributed by atoms with van der Waals surface area (Å²) in [6.45, 7) is 4.83. The maximum atomic E-state index is 11.8. The standard InChI is InChI=1S/C8H12N2O2S/c1-3-9-6(11)8(2)10(7(9)12)4-5-13-8/h3-5H2,1-2H3. The van der Waals surface area contributed by atoms with Gasteiger partial charge in [-0.15, -0.1) is 11.8 Å². The molecule has 0 saturated carbocycles. The van der Waals surface area contributed by atoms with Crippen molar-refractivity contribution in [2.75, 3.05) is 18.8 Å². The molecule has 13 heavy (non-hydrogen) atoms. The van der Waals surface area contributed by atoms with Crippen molar-refractivity contribution in [2.45, 2.75) is 18.7 Å². The molecule has 2 fully saturated rings. The average molecular weight is 200 g/mol. The van der Waals surface area contributed by atoms with Gasteiger partial charge < -0.3 is 4.90 Å². The molecule has 5 heteroatoms. The van der Waals surface area contributed by atoms with Gasteiger partial charge in [0.2, 0.25) is 0 Å². The molecule has 0 aromatic rings. The number of amides is 3. The van der Waals surface area contributed by atoms with Crippen LogP contribution in [-0.4, -0.2) is 45.5 Å². The summed E-state index contributed by atoms with van der Waals surface area (Å²) < 4.78 is 0. The molecule has 0 aromatic heterocycles. The third-order valence-corrected chi connectivity index (χ3v) is 3.98. The number of thioether (sulfide) groups is 1. The summed E-state index contributed by atoms with van der Waals surface area (Å²) in [6, 6.07) is -0.125. The normalized spacial score (nSPS) is 33.1. The van der Waals surface area contributed by atoms with Gasteiger partial charge >= 0.3 is 6.03 Å². The molecule has 2 saturated heterocycles. The fourth-order valence-electron chi connectivity index (χ4n) is 1.84. The van der Waals surface area contributed by atoms with Crippen molar-refractivity contribution in [3.8, 4) is 0 Å². The largest absolute Gasteiger partial charge is 0.328 e. The zero-order valence-corrected chi connectivity index (χ0v) is 8.56. The molecule has 2 aliphatic rings. The summed E-state index contributed by atoms with van der Waals surface area (Å²) in [4.78, 5) is 25.8. The predicted octanol–water partition coefficient (Wildman–Crippen LogP) is 0.734. The first kappa shape index (κ1) is 8.87. The van der Waals surface area contributed by atoms with Crippen LogP contribution in [0.4, 0.5) is 4.79 Å². The third kappa shape index (κ3) is 0.935. The minimum absolute atomic E-state index is 0.0532. The number of hydrogen-bond donors (Lipinski definition) is 0. The number of carbonyl (C=O) groups is 2. The van der Waals surface area contributed by atoms with E-state index in [0.29, 0.717) is 13.1 Å². The molecule has 0 bridgehead atoms. The Hall–Kier alpha value is -0.710. The van der Waals surface area contributed by atoms with Gasteiger partial charge in [0.25, 0.3) is 5.91 Å². The molecule has 0 radical (unpaired) electrons. The van der Waals surface area contributed by atoms with Crippen LogP contribution in [0.1, 0.15) is 13.8 Å². The van der Waals surface area contributed by atoms with Crippen LogP contribution in [-0.2, 0) is 4.79 Å². The second-order valence-electron chi connectivity index (χ2n) is 3.31. The van der Waals surface area contributed by atoms with E-state index in [1.807, 2.05) is 13.8 Å². The van der Waals surface area contributed by atoms with Crippen LogP contribution in [0.3, 0.4) is 0 Å². The first-order chi connectivity index (χ1) is 6.11. The number of rotatable bonds is 1. The number of imide groups is 1. The number of nitrogens with zero attached hydrogens (tertiary/aromatic N) is 2. The van der Waals surface area contributed by atoms with Crippen molar-refractivity contribution >= 4 is 23.7 Å². The Balaban J connectivity index is 2.37. The molecule has 2 aliphatic heterocycles. The second kappa shape index (κ2) is 2.64. The smallest absolute Gasteiger partial charge is 0.300 e. The van der Waals surface area contributed by atoms with Crippen molar-refractivity contribution < 1.29 is 9.59 Å². The Morgan fingerprint density at radius 1 is 1.54 bits per heavy atom. The van der Waals surface area contributed by atoms with Crippen LogP contribution in [0.5, 0.6) is 0 Å². The number of urea groups is 1. The monoisotopic (exact) mass is 200 g/mol. The summed E-state index contributed by atoms with van der Waals surface area (Å²) in [5, 5.41) is 0. The zero-order chi connectivity index (χ0) is 9.64.